The molecule has 0 atom stereocenters. The Labute approximate surface area is 137 Å². The molecule has 0 saturated heterocycles. The SMILES string of the molecule is O=C(C=Cc1ccc2c(c1)nc(-c1ccncc1)n2CCO)NO. The van der Waals surface area contributed by atoms with Gasteiger partial charge >= 0.3 is 0 Å². The summed E-state index contributed by atoms with van der Waals surface area (Å²) in [4.78, 5) is 19.7. The summed E-state index contributed by atoms with van der Waals surface area (Å²) in [5.41, 5.74) is 4.87. The Morgan fingerprint density at radius 2 is 2.04 bits per heavy atom. The topological polar surface area (TPSA) is 100 Å². The molecular formula is C17H16N4O3. The van der Waals surface area contributed by atoms with Crippen LogP contribution in [-0.2, 0) is 11.3 Å². The number of carbonyl (C=O) groups is 1. The van der Waals surface area contributed by atoms with Crippen molar-refractivity contribution in [2.24, 2.45) is 0 Å². The second kappa shape index (κ2) is 7.03. The van der Waals surface area contributed by atoms with Crippen molar-refractivity contribution >= 4 is 23.0 Å². The number of benzene rings is 1. The molecule has 7 heteroatoms. The predicted molar refractivity (Wildman–Crippen MR) is 89.0 cm³/mol. The van der Waals surface area contributed by atoms with Gasteiger partial charge in [0.2, 0.25) is 0 Å². The molecule has 0 aliphatic rings. The van der Waals surface area contributed by atoms with Gasteiger partial charge in [0.1, 0.15) is 5.82 Å². The van der Waals surface area contributed by atoms with Crippen molar-refractivity contribution < 1.29 is 15.1 Å². The molecule has 1 amide bonds. The Kier molecular flexibility index (Phi) is 4.64. The first kappa shape index (κ1) is 15.9. The van der Waals surface area contributed by atoms with Crippen LogP contribution in [0.15, 0.2) is 48.8 Å². The van der Waals surface area contributed by atoms with E-state index < -0.39 is 5.91 Å². The van der Waals surface area contributed by atoms with E-state index in [9.17, 15) is 9.90 Å². The van der Waals surface area contributed by atoms with Crippen LogP contribution in [0.25, 0.3) is 28.5 Å². The minimum Gasteiger partial charge on any atom is -0.395 e. The van der Waals surface area contributed by atoms with E-state index in [0.29, 0.717) is 6.54 Å². The number of aromatic nitrogens is 3. The smallest absolute Gasteiger partial charge is 0.267 e. The molecule has 0 bridgehead atoms. The third-order valence-electron chi connectivity index (χ3n) is 3.57. The number of hydrogen-bond donors (Lipinski definition) is 3. The van der Waals surface area contributed by atoms with Crippen molar-refractivity contribution in [2.45, 2.75) is 6.54 Å². The fraction of sp³-hybridized carbons (Fsp3) is 0.118. The van der Waals surface area contributed by atoms with Gasteiger partial charge in [0.15, 0.2) is 0 Å². The Morgan fingerprint density at radius 3 is 2.75 bits per heavy atom. The first-order valence-corrected chi connectivity index (χ1v) is 7.36. The van der Waals surface area contributed by atoms with Crippen molar-refractivity contribution in [2.75, 3.05) is 6.61 Å². The van der Waals surface area contributed by atoms with Gasteiger partial charge in [-0.05, 0) is 35.9 Å². The van der Waals surface area contributed by atoms with Crippen LogP contribution in [0.1, 0.15) is 5.56 Å². The molecule has 122 valence electrons. The quantitative estimate of drug-likeness (QED) is 0.376. The second-order valence-electron chi connectivity index (χ2n) is 5.10. The average Bonchev–Trinajstić information content (AvgIpc) is 2.98. The number of pyridine rings is 1. The third kappa shape index (κ3) is 3.17. The molecule has 0 spiro atoms. The van der Waals surface area contributed by atoms with E-state index in [-0.39, 0.29) is 6.61 Å². The van der Waals surface area contributed by atoms with Gasteiger partial charge in [-0.2, -0.15) is 0 Å². The number of nitrogens with one attached hydrogen (secondary N) is 1. The maximum Gasteiger partial charge on any atom is 0.267 e. The molecule has 2 heterocycles. The van der Waals surface area contributed by atoms with Gasteiger partial charge in [-0.25, -0.2) is 10.5 Å². The first-order valence-electron chi connectivity index (χ1n) is 7.36. The van der Waals surface area contributed by atoms with E-state index >= 15 is 0 Å². The van der Waals surface area contributed by atoms with Crippen LogP contribution >= 0.6 is 0 Å². The molecule has 0 fully saturated rings. The van der Waals surface area contributed by atoms with Crippen LogP contribution in [0.4, 0.5) is 0 Å². The van der Waals surface area contributed by atoms with E-state index in [1.54, 1.807) is 23.9 Å². The highest BCUT2D eigenvalue weighted by Gasteiger charge is 2.12. The Bertz CT molecular complexity index is 887. The summed E-state index contributed by atoms with van der Waals surface area (Å²) >= 11 is 0. The molecule has 3 rings (SSSR count). The number of imidazole rings is 1. The van der Waals surface area contributed by atoms with Crippen LogP contribution in [0, 0.1) is 0 Å². The average molecular weight is 324 g/mol. The molecule has 0 unspecified atom stereocenters. The van der Waals surface area contributed by atoms with Gasteiger partial charge in [-0.1, -0.05) is 6.07 Å². The van der Waals surface area contributed by atoms with Gasteiger partial charge in [0.05, 0.1) is 17.6 Å². The lowest BCUT2D eigenvalue weighted by Gasteiger charge is -2.07. The molecule has 0 saturated carbocycles. The van der Waals surface area contributed by atoms with Crippen LogP contribution in [0.5, 0.6) is 0 Å². The summed E-state index contributed by atoms with van der Waals surface area (Å²) in [7, 11) is 0. The lowest BCUT2D eigenvalue weighted by Crippen LogP contribution is -2.14. The van der Waals surface area contributed by atoms with E-state index in [0.717, 1.165) is 28.0 Å². The van der Waals surface area contributed by atoms with E-state index in [2.05, 4.69) is 9.97 Å². The van der Waals surface area contributed by atoms with Crippen LogP contribution in [0.3, 0.4) is 0 Å². The van der Waals surface area contributed by atoms with Gasteiger partial charge in [0.25, 0.3) is 5.91 Å². The van der Waals surface area contributed by atoms with Crippen molar-refractivity contribution in [3.63, 3.8) is 0 Å². The summed E-state index contributed by atoms with van der Waals surface area (Å²) in [6, 6.07) is 9.30. The van der Waals surface area contributed by atoms with E-state index in [1.165, 1.54) is 6.08 Å². The van der Waals surface area contributed by atoms with Crippen molar-refractivity contribution in [3.8, 4) is 11.4 Å². The molecule has 0 aliphatic carbocycles. The lowest BCUT2D eigenvalue weighted by molar-refractivity contribution is -0.124. The zero-order valence-corrected chi connectivity index (χ0v) is 12.8. The van der Waals surface area contributed by atoms with Gasteiger partial charge in [-0.3, -0.25) is 15.0 Å². The summed E-state index contributed by atoms with van der Waals surface area (Å²) in [6.07, 6.45) is 6.21. The third-order valence-corrected chi connectivity index (χ3v) is 3.57. The minimum atomic E-state index is -0.599. The molecule has 0 aliphatic heterocycles. The largest absolute Gasteiger partial charge is 0.395 e. The van der Waals surface area contributed by atoms with Crippen LogP contribution in [0.2, 0.25) is 0 Å². The standard InChI is InChI=1S/C17H16N4O3/c22-10-9-21-15-3-1-12(2-4-16(23)20-24)11-14(15)19-17(21)13-5-7-18-8-6-13/h1-8,11,22,24H,9-10H2,(H,20,23). The van der Waals surface area contributed by atoms with Gasteiger partial charge < -0.3 is 9.67 Å². The molecule has 7 nitrogen and oxygen atoms in total. The molecule has 3 aromatic rings. The number of aliphatic hydroxyl groups is 1. The number of nitrogens with zero attached hydrogens (tertiary/aromatic N) is 3. The van der Waals surface area contributed by atoms with Gasteiger partial charge in [0, 0.05) is 30.6 Å². The highest BCUT2D eigenvalue weighted by Crippen LogP contribution is 2.25. The first-order chi connectivity index (χ1) is 11.7. The maximum absolute atomic E-state index is 11.1. The van der Waals surface area contributed by atoms with E-state index in [1.807, 2.05) is 34.9 Å². The number of hydrogen-bond acceptors (Lipinski definition) is 5. The second-order valence-corrected chi connectivity index (χ2v) is 5.10. The number of carbonyl (C=O) groups excluding carboxylic acids is 1. The minimum absolute atomic E-state index is 0.00185. The molecular weight excluding hydrogens is 308 g/mol. The monoisotopic (exact) mass is 324 g/mol. The van der Waals surface area contributed by atoms with Crippen LogP contribution < -0.4 is 5.48 Å². The molecule has 1 aromatic carbocycles. The van der Waals surface area contributed by atoms with E-state index in [4.69, 9.17) is 5.21 Å². The Hall–Kier alpha value is -3.03. The van der Waals surface area contributed by atoms with Crippen LogP contribution in [-0.4, -0.2) is 37.4 Å². The number of aliphatic hydroxyl groups excluding tert-OH is 1. The predicted octanol–water partition coefficient (Wildman–Crippen LogP) is 1.61. The zero-order valence-electron chi connectivity index (χ0n) is 12.8. The molecule has 0 radical (unpaired) electrons. The fourth-order valence-corrected chi connectivity index (χ4v) is 2.51. The highest BCUT2D eigenvalue weighted by atomic mass is 16.5. The van der Waals surface area contributed by atoms with Crippen molar-refractivity contribution in [1.29, 1.82) is 0 Å². The summed E-state index contributed by atoms with van der Waals surface area (Å²) < 4.78 is 1.94. The van der Waals surface area contributed by atoms with Crippen molar-refractivity contribution in [3.05, 3.63) is 54.4 Å². The molecule has 2 aromatic heterocycles. The number of amides is 1. The Morgan fingerprint density at radius 1 is 1.25 bits per heavy atom. The lowest BCUT2D eigenvalue weighted by atomic mass is 10.2. The number of fused-ring (bicyclic) bond motifs is 1. The summed E-state index contributed by atoms with van der Waals surface area (Å²) in [5.74, 6) is 0.147. The summed E-state index contributed by atoms with van der Waals surface area (Å²) in [5, 5.41) is 17.9. The maximum atomic E-state index is 11.1. The number of rotatable bonds is 5. The Balaban J connectivity index is 2.08. The highest BCUT2D eigenvalue weighted by molar-refractivity contribution is 5.91. The molecule has 3 N–H and O–H groups in total. The van der Waals surface area contributed by atoms with Gasteiger partial charge in [-0.15, -0.1) is 0 Å². The number of hydroxylamine groups is 1. The fourth-order valence-electron chi connectivity index (χ4n) is 2.51. The molecule has 24 heavy (non-hydrogen) atoms. The zero-order chi connectivity index (χ0) is 16.9. The van der Waals surface area contributed by atoms with Crippen molar-refractivity contribution in [1.82, 2.24) is 20.0 Å². The normalized spacial score (nSPS) is 11.2. The summed E-state index contributed by atoms with van der Waals surface area (Å²) in [6.45, 7) is 0.429.